The number of unbranched alkanes of at least 4 members (excludes halogenated alkanes) is 19. The van der Waals surface area contributed by atoms with Crippen molar-refractivity contribution in [2.45, 2.75) is 269 Å². The zero-order valence-corrected chi connectivity index (χ0v) is 49.4. The van der Waals surface area contributed by atoms with Crippen molar-refractivity contribution in [3.8, 4) is 0 Å². The summed E-state index contributed by atoms with van der Waals surface area (Å²) in [5.74, 6) is -1.26. The van der Waals surface area contributed by atoms with E-state index in [0.29, 0.717) is 12.8 Å². The molecule has 0 saturated carbocycles. The van der Waals surface area contributed by atoms with Gasteiger partial charge in [0.05, 0.1) is 25.4 Å². The second-order valence-corrected chi connectivity index (χ2v) is 20.8. The number of carbonyl (C=O) groups excluding carboxylic acids is 2. The Morgan fingerprint density at radius 1 is 0.519 bits per heavy atom. The third kappa shape index (κ3) is 42.3. The van der Waals surface area contributed by atoms with Gasteiger partial charge in [0.15, 0.2) is 12.4 Å². The smallest absolute Gasteiger partial charge is 0.306 e. The Balaban J connectivity index is 2.70. The largest absolute Gasteiger partial charge is 0.454 e. The summed E-state index contributed by atoms with van der Waals surface area (Å²) in [6.45, 7) is 5.48. The number of nitrogens with one attached hydrogen (secondary N) is 1. The van der Waals surface area contributed by atoms with E-state index in [1.54, 1.807) is 6.08 Å². The number of esters is 1. The molecular weight excluding hydrogens is 991 g/mol. The molecule has 1 heterocycles. The van der Waals surface area contributed by atoms with Crippen LogP contribution in [0.1, 0.15) is 220 Å². The van der Waals surface area contributed by atoms with E-state index in [2.05, 4.69) is 111 Å². The lowest BCUT2D eigenvalue weighted by molar-refractivity contribution is -0.305. The Kier molecular flexibility index (Phi) is 50.1. The third-order valence-corrected chi connectivity index (χ3v) is 13.6. The Hall–Kier alpha value is -4.20. The summed E-state index contributed by atoms with van der Waals surface area (Å²) < 4.78 is 17.5. The number of hydrogen-bond acceptors (Lipinski definition) is 10. The molecule has 1 aliphatic rings. The maximum Gasteiger partial charge on any atom is 0.306 e. The lowest BCUT2D eigenvalue weighted by atomic mass is 9.99. The number of amides is 1. The molecule has 0 aromatic rings. The molecule has 1 aliphatic heterocycles. The minimum Gasteiger partial charge on any atom is -0.454 e. The third-order valence-electron chi connectivity index (χ3n) is 13.6. The number of aliphatic hydroxyl groups is 5. The lowest BCUT2D eigenvalue weighted by Gasteiger charge is -2.41. The van der Waals surface area contributed by atoms with Crippen LogP contribution in [0, 0.1) is 0 Å². The first kappa shape index (κ1) is 72.8. The highest BCUT2D eigenvalue weighted by molar-refractivity contribution is 5.80. The van der Waals surface area contributed by atoms with Crippen molar-refractivity contribution in [1.82, 2.24) is 5.32 Å². The van der Waals surface area contributed by atoms with E-state index < -0.39 is 67.4 Å². The van der Waals surface area contributed by atoms with Gasteiger partial charge in [-0.1, -0.05) is 251 Å². The van der Waals surface area contributed by atoms with Crippen molar-refractivity contribution in [2.24, 2.45) is 0 Å². The molecule has 0 aliphatic carbocycles. The predicted octanol–water partition coefficient (Wildman–Crippen LogP) is 14.8. The average molecular weight is 1100 g/mol. The summed E-state index contributed by atoms with van der Waals surface area (Å²) >= 11 is 0. The number of allylic oxidation sites excluding steroid dienone is 21. The zero-order valence-electron chi connectivity index (χ0n) is 49.4. The molecule has 0 radical (unpaired) electrons. The van der Waals surface area contributed by atoms with Crippen molar-refractivity contribution in [1.29, 1.82) is 0 Å². The molecule has 8 atom stereocenters. The summed E-state index contributed by atoms with van der Waals surface area (Å²) in [6.07, 6.45) is 66.3. The predicted molar refractivity (Wildman–Crippen MR) is 328 cm³/mol. The van der Waals surface area contributed by atoms with Crippen molar-refractivity contribution in [3.63, 3.8) is 0 Å². The molecule has 1 rings (SSSR count). The van der Waals surface area contributed by atoms with Gasteiger partial charge in [0, 0.05) is 6.42 Å². The Bertz CT molecular complexity index is 1790. The molecule has 0 spiro atoms. The van der Waals surface area contributed by atoms with E-state index in [4.69, 9.17) is 14.2 Å². The van der Waals surface area contributed by atoms with Gasteiger partial charge in [-0.05, 0) is 96.3 Å². The fourth-order valence-electron chi connectivity index (χ4n) is 8.78. The summed E-state index contributed by atoms with van der Waals surface area (Å²) in [5.41, 5.74) is 0. The highest BCUT2D eigenvalue weighted by atomic mass is 16.7. The Morgan fingerprint density at radius 2 is 0.975 bits per heavy atom. The monoisotopic (exact) mass is 1100 g/mol. The molecule has 11 heteroatoms. The van der Waals surface area contributed by atoms with Gasteiger partial charge in [0.1, 0.15) is 24.4 Å². The maximum atomic E-state index is 13.4. The van der Waals surface area contributed by atoms with Gasteiger partial charge in [0.2, 0.25) is 5.91 Å². The van der Waals surface area contributed by atoms with Gasteiger partial charge in [-0.25, -0.2) is 0 Å². The molecule has 79 heavy (non-hydrogen) atoms. The first-order chi connectivity index (χ1) is 38.7. The van der Waals surface area contributed by atoms with E-state index in [0.717, 1.165) is 122 Å². The molecule has 0 aromatic heterocycles. The van der Waals surface area contributed by atoms with Crippen molar-refractivity contribution in [2.75, 3.05) is 13.2 Å². The van der Waals surface area contributed by atoms with Gasteiger partial charge in [-0.2, -0.15) is 0 Å². The van der Waals surface area contributed by atoms with Crippen LogP contribution in [0.15, 0.2) is 134 Å². The van der Waals surface area contributed by atoms with E-state index in [-0.39, 0.29) is 19.4 Å². The minimum atomic E-state index is -1.64. The van der Waals surface area contributed by atoms with E-state index in [1.165, 1.54) is 51.4 Å². The summed E-state index contributed by atoms with van der Waals surface area (Å²) in [7, 11) is 0. The molecule has 1 saturated heterocycles. The van der Waals surface area contributed by atoms with Gasteiger partial charge >= 0.3 is 5.97 Å². The topological polar surface area (TPSA) is 175 Å². The van der Waals surface area contributed by atoms with E-state index >= 15 is 0 Å². The van der Waals surface area contributed by atoms with Crippen LogP contribution in [0.5, 0.6) is 0 Å². The SMILES string of the molecule is CC/C=C\C/C=C\C/C=C\C/C=C\C/C=C\C/C=C\CCCCCCCC(O)C(=O)NC(COC1OC(CO)C(O)C(O)C1OC(=O)CCCCC\C=C/C=C\C=C\C=C\CC)C(O)/C=C/CCCCCCCCCCCCC. The van der Waals surface area contributed by atoms with Crippen LogP contribution in [-0.4, -0.2) is 99.6 Å². The van der Waals surface area contributed by atoms with Crippen LogP contribution >= 0.6 is 0 Å². The number of hydrogen-bond donors (Lipinski definition) is 6. The molecule has 8 unspecified atom stereocenters. The molecule has 448 valence electrons. The maximum absolute atomic E-state index is 13.4. The number of aliphatic hydroxyl groups excluding tert-OH is 5. The number of ether oxygens (including phenoxy) is 3. The summed E-state index contributed by atoms with van der Waals surface area (Å²) in [5, 5.41) is 56.9. The standard InChI is InChI=1S/C68H111NO10/c1-4-7-10-13-16-19-22-25-26-27-28-29-30-31-32-33-34-35-38-40-43-46-49-52-55-61(72)67(76)69-59(60(71)54-51-48-45-42-39-36-23-20-17-14-11-8-5-2)58-77-68-66(65(75)64(74)62(57-70)78-68)79-63(73)56-53-50-47-44-41-37-24-21-18-15-12-9-6-3/h7,9-10,12,15-16,18-19,21,24-26,28-29,31-32,34-35,37,41,51,54,59-62,64-66,68,70-72,74-75H,4-6,8,11,13-14,17,20,22-23,27,30,33,36,38-40,42-50,52-53,55-58H2,1-3H3,(H,69,76)/b10-7-,12-9+,18-15+,19-16-,24-21-,26-25-,29-28-,32-31-,35-34-,41-37-,54-51+. The van der Waals surface area contributed by atoms with Crippen molar-refractivity contribution >= 4 is 11.9 Å². The normalized spacial score (nSPS) is 19.8. The molecule has 6 N–H and O–H groups in total. The average Bonchev–Trinajstić information content (AvgIpc) is 3.48. The number of carbonyl (C=O) groups is 2. The van der Waals surface area contributed by atoms with E-state index in [1.807, 2.05) is 42.5 Å². The Morgan fingerprint density at radius 3 is 1.52 bits per heavy atom. The lowest BCUT2D eigenvalue weighted by Crippen LogP contribution is -2.61. The highest BCUT2D eigenvalue weighted by Gasteiger charge is 2.47. The van der Waals surface area contributed by atoms with Crippen LogP contribution in [0.3, 0.4) is 0 Å². The van der Waals surface area contributed by atoms with Gasteiger partial charge in [-0.15, -0.1) is 0 Å². The first-order valence-corrected chi connectivity index (χ1v) is 31.0. The molecule has 1 amide bonds. The van der Waals surface area contributed by atoms with Gasteiger partial charge in [0.25, 0.3) is 0 Å². The highest BCUT2D eigenvalue weighted by Crippen LogP contribution is 2.26. The summed E-state index contributed by atoms with van der Waals surface area (Å²) in [4.78, 5) is 26.5. The fraction of sp³-hybridized carbons (Fsp3) is 0.647. The van der Waals surface area contributed by atoms with Crippen LogP contribution in [0.2, 0.25) is 0 Å². The van der Waals surface area contributed by atoms with Crippen molar-refractivity contribution < 1.29 is 49.3 Å². The Labute approximate surface area is 480 Å². The summed E-state index contributed by atoms with van der Waals surface area (Å²) in [6, 6.07) is -1.05. The second-order valence-electron chi connectivity index (χ2n) is 20.8. The van der Waals surface area contributed by atoms with Gasteiger partial charge in [-0.3, -0.25) is 9.59 Å². The minimum absolute atomic E-state index is 0.0681. The quantitative estimate of drug-likeness (QED) is 0.0149. The molecular formula is C68H111NO10. The second kappa shape index (κ2) is 54.4. The molecule has 11 nitrogen and oxygen atoms in total. The molecule has 1 fully saturated rings. The first-order valence-electron chi connectivity index (χ1n) is 31.0. The zero-order chi connectivity index (χ0) is 57.5. The molecule has 0 aromatic carbocycles. The molecule has 0 bridgehead atoms. The number of rotatable bonds is 50. The fourth-order valence-corrected chi connectivity index (χ4v) is 8.78. The van der Waals surface area contributed by atoms with E-state index in [9.17, 15) is 35.1 Å². The van der Waals surface area contributed by atoms with Crippen LogP contribution in [-0.2, 0) is 23.8 Å². The van der Waals surface area contributed by atoms with Crippen LogP contribution in [0.4, 0.5) is 0 Å². The van der Waals surface area contributed by atoms with Crippen LogP contribution in [0.25, 0.3) is 0 Å². The van der Waals surface area contributed by atoms with Crippen LogP contribution < -0.4 is 5.32 Å². The van der Waals surface area contributed by atoms with Gasteiger partial charge < -0.3 is 45.1 Å². The van der Waals surface area contributed by atoms with Crippen molar-refractivity contribution in [3.05, 3.63) is 134 Å².